The van der Waals surface area contributed by atoms with Crippen LogP contribution < -0.4 is 5.32 Å². The Bertz CT molecular complexity index is 1070. The first-order valence-corrected chi connectivity index (χ1v) is 10.5. The van der Waals surface area contributed by atoms with Gasteiger partial charge in [-0.2, -0.15) is 0 Å². The van der Waals surface area contributed by atoms with Crippen LogP contribution in [0.15, 0.2) is 71.2 Å². The summed E-state index contributed by atoms with van der Waals surface area (Å²) in [6.07, 6.45) is 0. The second kappa shape index (κ2) is 7.98. The number of benzene rings is 2. The Morgan fingerprint density at radius 3 is 2.85 bits per heavy atom. The number of rotatable bonds is 6. The van der Waals surface area contributed by atoms with Crippen LogP contribution in [0.3, 0.4) is 0 Å². The van der Waals surface area contributed by atoms with Crippen LogP contribution in [-0.4, -0.2) is 21.2 Å². The van der Waals surface area contributed by atoms with E-state index < -0.39 is 0 Å². The lowest BCUT2D eigenvalue weighted by Gasteiger charge is -2.10. The lowest BCUT2D eigenvalue weighted by molar-refractivity contribution is -0.118. The Balaban J connectivity index is 1.56. The molecule has 2 aromatic heterocycles. The lowest BCUT2D eigenvalue weighted by Crippen LogP contribution is -2.24. The molecule has 0 spiro atoms. The largest absolute Gasteiger partial charge is 0.350 e. The van der Waals surface area contributed by atoms with Crippen LogP contribution >= 0.6 is 23.1 Å². The SMILES string of the molecule is Cc1cccc(-n2c(SCC(=O)NCc3cccs3)nc3ccccc32)c1. The number of nitrogens with one attached hydrogen (secondary N) is 1. The number of imidazole rings is 1. The second-order valence-electron chi connectivity index (χ2n) is 6.20. The molecule has 0 aliphatic carbocycles. The standard InChI is InChI=1S/C21H19N3OS2/c1-15-6-4-7-16(12-15)24-19-10-3-2-9-18(19)23-21(24)27-14-20(25)22-13-17-8-5-11-26-17/h2-12H,13-14H2,1H3,(H,22,25). The Morgan fingerprint density at radius 2 is 2.04 bits per heavy atom. The number of carbonyl (C=O) groups excluding carboxylic acids is 1. The van der Waals surface area contributed by atoms with Crippen LogP contribution in [0.4, 0.5) is 0 Å². The molecule has 6 heteroatoms. The molecule has 0 aliphatic heterocycles. The number of thioether (sulfide) groups is 1. The summed E-state index contributed by atoms with van der Waals surface area (Å²) in [6.45, 7) is 2.65. The van der Waals surface area contributed by atoms with Gasteiger partial charge in [0.1, 0.15) is 0 Å². The summed E-state index contributed by atoms with van der Waals surface area (Å²) < 4.78 is 2.12. The monoisotopic (exact) mass is 393 g/mol. The Hall–Kier alpha value is -2.57. The lowest BCUT2D eigenvalue weighted by atomic mass is 10.2. The van der Waals surface area contributed by atoms with E-state index in [0.717, 1.165) is 26.8 Å². The molecule has 4 rings (SSSR count). The summed E-state index contributed by atoms with van der Waals surface area (Å²) >= 11 is 3.11. The van der Waals surface area contributed by atoms with Gasteiger partial charge in [0, 0.05) is 10.6 Å². The quantitative estimate of drug-likeness (QED) is 0.479. The number of para-hydroxylation sites is 2. The summed E-state index contributed by atoms with van der Waals surface area (Å²) in [5.41, 5.74) is 4.23. The van der Waals surface area contributed by atoms with Crippen molar-refractivity contribution in [1.29, 1.82) is 0 Å². The average molecular weight is 394 g/mol. The maximum absolute atomic E-state index is 12.3. The van der Waals surface area contributed by atoms with Gasteiger partial charge < -0.3 is 5.32 Å². The third-order valence-corrected chi connectivity index (χ3v) is 5.98. The van der Waals surface area contributed by atoms with Gasteiger partial charge in [-0.25, -0.2) is 4.98 Å². The summed E-state index contributed by atoms with van der Waals surface area (Å²) in [4.78, 5) is 18.2. The minimum absolute atomic E-state index is 0.0104. The van der Waals surface area contributed by atoms with Crippen molar-refractivity contribution < 1.29 is 4.79 Å². The molecular formula is C21H19N3OS2. The van der Waals surface area contributed by atoms with Gasteiger partial charge in [0.25, 0.3) is 0 Å². The highest BCUT2D eigenvalue weighted by molar-refractivity contribution is 7.99. The first-order valence-electron chi connectivity index (χ1n) is 8.67. The number of thiophene rings is 1. The van der Waals surface area contributed by atoms with Crippen molar-refractivity contribution in [3.8, 4) is 5.69 Å². The zero-order valence-corrected chi connectivity index (χ0v) is 16.5. The van der Waals surface area contributed by atoms with E-state index in [9.17, 15) is 4.79 Å². The van der Waals surface area contributed by atoms with Crippen LogP contribution in [0.2, 0.25) is 0 Å². The zero-order chi connectivity index (χ0) is 18.6. The molecule has 0 unspecified atom stereocenters. The van der Waals surface area contributed by atoms with Crippen molar-refractivity contribution >= 4 is 40.0 Å². The average Bonchev–Trinajstić information content (AvgIpc) is 3.32. The Labute approximate surface area is 166 Å². The number of hydrogen-bond acceptors (Lipinski definition) is 4. The minimum atomic E-state index is 0.0104. The number of fused-ring (bicyclic) bond motifs is 1. The molecule has 27 heavy (non-hydrogen) atoms. The highest BCUT2D eigenvalue weighted by Crippen LogP contribution is 2.28. The molecule has 0 atom stereocenters. The molecule has 4 nitrogen and oxygen atoms in total. The molecule has 4 aromatic rings. The summed E-state index contributed by atoms with van der Waals surface area (Å²) in [5.74, 6) is 0.344. The Kier molecular flexibility index (Phi) is 5.27. The second-order valence-corrected chi connectivity index (χ2v) is 8.18. The van der Waals surface area contributed by atoms with Gasteiger partial charge in [-0.05, 0) is 48.2 Å². The van der Waals surface area contributed by atoms with E-state index in [1.54, 1.807) is 11.3 Å². The molecule has 1 N–H and O–H groups in total. The van der Waals surface area contributed by atoms with Crippen LogP contribution in [-0.2, 0) is 11.3 Å². The van der Waals surface area contributed by atoms with Crippen LogP contribution in [0.25, 0.3) is 16.7 Å². The molecule has 0 saturated carbocycles. The molecule has 0 aliphatic rings. The van der Waals surface area contributed by atoms with Gasteiger partial charge >= 0.3 is 0 Å². The molecular weight excluding hydrogens is 374 g/mol. The van der Waals surface area contributed by atoms with E-state index in [0.29, 0.717) is 12.3 Å². The molecule has 0 bridgehead atoms. The van der Waals surface area contributed by atoms with Crippen molar-refractivity contribution in [2.45, 2.75) is 18.6 Å². The van der Waals surface area contributed by atoms with E-state index in [4.69, 9.17) is 4.98 Å². The normalized spacial score (nSPS) is 11.0. The van der Waals surface area contributed by atoms with Crippen molar-refractivity contribution in [3.05, 3.63) is 76.5 Å². The predicted molar refractivity (Wildman–Crippen MR) is 113 cm³/mol. The van der Waals surface area contributed by atoms with E-state index in [1.807, 2.05) is 41.8 Å². The topological polar surface area (TPSA) is 46.9 Å². The number of aromatic nitrogens is 2. The number of nitrogens with zero attached hydrogens (tertiary/aromatic N) is 2. The number of aryl methyl sites for hydroxylation is 1. The van der Waals surface area contributed by atoms with Crippen LogP contribution in [0, 0.1) is 6.92 Å². The third kappa shape index (κ3) is 4.07. The molecule has 0 radical (unpaired) electrons. The van der Waals surface area contributed by atoms with Crippen molar-refractivity contribution in [1.82, 2.24) is 14.9 Å². The van der Waals surface area contributed by atoms with E-state index in [1.165, 1.54) is 17.3 Å². The third-order valence-electron chi connectivity index (χ3n) is 4.16. The van der Waals surface area contributed by atoms with E-state index in [2.05, 4.69) is 41.1 Å². The minimum Gasteiger partial charge on any atom is -0.350 e. The molecule has 2 aromatic carbocycles. The predicted octanol–water partition coefficient (Wildman–Crippen LogP) is 4.80. The first kappa shape index (κ1) is 17.8. The van der Waals surface area contributed by atoms with Crippen molar-refractivity contribution in [3.63, 3.8) is 0 Å². The smallest absolute Gasteiger partial charge is 0.230 e. The van der Waals surface area contributed by atoms with Crippen LogP contribution in [0.1, 0.15) is 10.4 Å². The van der Waals surface area contributed by atoms with Gasteiger partial charge in [0.15, 0.2) is 5.16 Å². The number of hydrogen-bond donors (Lipinski definition) is 1. The summed E-state index contributed by atoms with van der Waals surface area (Å²) in [6, 6.07) is 20.4. The van der Waals surface area contributed by atoms with Crippen molar-refractivity contribution in [2.24, 2.45) is 0 Å². The molecule has 0 saturated heterocycles. The fourth-order valence-corrected chi connectivity index (χ4v) is 4.40. The van der Waals surface area contributed by atoms with Crippen molar-refractivity contribution in [2.75, 3.05) is 5.75 Å². The molecule has 136 valence electrons. The molecule has 0 fully saturated rings. The van der Waals surface area contributed by atoms with Gasteiger partial charge in [0.2, 0.25) is 5.91 Å². The number of amides is 1. The highest BCUT2D eigenvalue weighted by atomic mass is 32.2. The fraction of sp³-hybridized carbons (Fsp3) is 0.143. The summed E-state index contributed by atoms with van der Waals surface area (Å²) in [7, 11) is 0. The highest BCUT2D eigenvalue weighted by Gasteiger charge is 2.14. The van der Waals surface area contributed by atoms with Gasteiger partial charge in [0.05, 0.1) is 23.3 Å². The summed E-state index contributed by atoms with van der Waals surface area (Å²) in [5, 5.41) is 5.81. The molecule has 2 heterocycles. The van der Waals surface area contributed by atoms with Gasteiger partial charge in [-0.1, -0.05) is 42.1 Å². The maximum atomic E-state index is 12.3. The maximum Gasteiger partial charge on any atom is 0.230 e. The first-order chi connectivity index (χ1) is 13.2. The van der Waals surface area contributed by atoms with E-state index >= 15 is 0 Å². The number of carbonyl (C=O) groups is 1. The van der Waals surface area contributed by atoms with Crippen LogP contribution in [0.5, 0.6) is 0 Å². The van der Waals surface area contributed by atoms with Gasteiger partial charge in [-0.15, -0.1) is 11.3 Å². The Morgan fingerprint density at radius 1 is 1.15 bits per heavy atom. The van der Waals surface area contributed by atoms with E-state index in [-0.39, 0.29) is 5.91 Å². The molecule has 1 amide bonds. The van der Waals surface area contributed by atoms with Gasteiger partial charge in [-0.3, -0.25) is 9.36 Å². The zero-order valence-electron chi connectivity index (χ0n) is 14.9. The fourth-order valence-electron chi connectivity index (χ4n) is 2.90.